The number of aryl methyl sites for hydroxylation is 1. The summed E-state index contributed by atoms with van der Waals surface area (Å²) in [7, 11) is 1.37. The molecule has 0 saturated carbocycles. The van der Waals surface area contributed by atoms with E-state index in [1.807, 2.05) is 31.2 Å². The molecule has 4 heteroatoms. The minimum atomic E-state index is -0.363. The van der Waals surface area contributed by atoms with E-state index in [4.69, 9.17) is 4.74 Å². The van der Waals surface area contributed by atoms with Crippen LogP contribution in [0.3, 0.4) is 0 Å². The highest BCUT2D eigenvalue weighted by molar-refractivity contribution is 9.09. The van der Waals surface area contributed by atoms with Gasteiger partial charge in [-0.05, 0) is 18.9 Å². The smallest absolute Gasteiger partial charge is 0.313 e. The number of esters is 1. The van der Waals surface area contributed by atoms with Crippen molar-refractivity contribution in [3.8, 4) is 0 Å². The van der Waals surface area contributed by atoms with Gasteiger partial charge in [-0.2, -0.15) is 0 Å². The predicted octanol–water partition coefficient (Wildman–Crippen LogP) is 3.00. The molecule has 98 valence electrons. The lowest BCUT2D eigenvalue weighted by Gasteiger charge is -2.15. The van der Waals surface area contributed by atoms with Gasteiger partial charge in [-0.3, -0.25) is 9.59 Å². The van der Waals surface area contributed by atoms with Crippen LogP contribution >= 0.6 is 15.9 Å². The molecule has 1 atom stereocenters. The van der Waals surface area contributed by atoms with Crippen LogP contribution in [0.4, 0.5) is 0 Å². The van der Waals surface area contributed by atoms with Crippen molar-refractivity contribution in [1.29, 1.82) is 0 Å². The first-order chi connectivity index (χ1) is 8.58. The van der Waals surface area contributed by atoms with Crippen LogP contribution in [0, 0.1) is 6.92 Å². The van der Waals surface area contributed by atoms with Crippen molar-refractivity contribution in [1.82, 2.24) is 0 Å². The minimum absolute atomic E-state index is 0.0940. The molecule has 0 fully saturated rings. The van der Waals surface area contributed by atoms with Gasteiger partial charge < -0.3 is 4.74 Å². The van der Waals surface area contributed by atoms with Crippen LogP contribution in [-0.2, 0) is 14.3 Å². The van der Waals surface area contributed by atoms with Crippen LogP contribution in [-0.4, -0.2) is 24.2 Å². The molecular weight excluding hydrogens is 296 g/mol. The lowest BCUT2D eigenvalue weighted by atomic mass is 9.92. The van der Waals surface area contributed by atoms with E-state index < -0.39 is 0 Å². The van der Waals surface area contributed by atoms with Crippen LogP contribution in [0.15, 0.2) is 24.3 Å². The number of hydrogen-bond donors (Lipinski definition) is 0. The van der Waals surface area contributed by atoms with Crippen molar-refractivity contribution in [2.75, 3.05) is 12.4 Å². The number of alkyl halides is 1. The Hall–Kier alpha value is -1.16. The number of ether oxygens (including phenoxy) is 1. The Labute approximate surface area is 116 Å². The molecule has 0 heterocycles. The standard InChI is InChI=1S/C14H17BrO3/c1-10-4-3-5-11(8-10)13(14(17)18-2)7-6-12(16)9-15/h3-5,8,13H,6-7,9H2,1-2H3. The maximum atomic E-state index is 11.8. The van der Waals surface area contributed by atoms with Gasteiger partial charge in [0.2, 0.25) is 0 Å². The first-order valence-electron chi connectivity index (χ1n) is 5.80. The Bertz CT molecular complexity index is 429. The first-order valence-corrected chi connectivity index (χ1v) is 6.92. The molecule has 0 aromatic heterocycles. The third kappa shape index (κ3) is 4.26. The maximum absolute atomic E-state index is 11.8. The molecule has 18 heavy (non-hydrogen) atoms. The normalized spacial score (nSPS) is 11.9. The van der Waals surface area contributed by atoms with E-state index in [9.17, 15) is 9.59 Å². The Kier molecular flexibility index (Phi) is 6.05. The summed E-state index contributed by atoms with van der Waals surface area (Å²) in [6.07, 6.45) is 0.861. The lowest BCUT2D eigenvalue weighted by Crippen LogP contribution is -2.16. The number of carbonyl (C=O) groups excluding carboxylic acids is 2. The highest BCUT2D eigenvalue weighted by Crippen LogP contribution is 2.24. The third-order valence-corrected chi connectivity index (χ3v) is 3.42. The molecule has 0 aliphatic carbocycles. The molecule has 3 nitrogen and oxygen atoms in total. The molecule has 1 rings (SSSR count). The van der Waals surface area contributed by atoms with Gasteiger partial charge in [-0.25, -0.2) is 0 Å². The molecule has 1 aromatic carbocycles. The maximum Gasteiger partial charge on any atom is 0.313 e. The summed E-state index contributed by atoms with van der Waals surface area (Å²) in [6.45, 7) is 1.97. The number of Topliss-reactive ketones (excluding diaryl/α,β-unsaturated/α-hetero) is 1. The van der Waals surface area contributed by atoms with Crippen molar-refractivity contribution < 1.29 is 14.3 Å². The third-order valence-electron chi connectivity index (χ3n) is 2.79. The Morgan fingerprint density at radius 1 is 1.39 bits per heavy atom. The van der Waals surface area contributed by atoms with Crippen LogP contribution in [0.2, 0.25) is 0 Å². The summed E-state index contributed by atoms with van der Waals surface area (Å²) in [5, 5.41) is 0.328. The second kappa shape index (κ2) is 7.31. The van der Waals surface area contributed by atoms with E-state index in [0.717, 1.165) is 11.1 Å². The number of carbonyl (C=O) groups is 2. The fourth-order valence-corrected chi connectivity index (χ4v) is 2.10. The van der Waals surface area contributed by atoms with Gasteiger partial charge in [0.05, 0.1) is 18.4 Å². The van der Waals surface area contributed by atoms with Crippen LogP contribution in [0.25, 0.3) is 0 Å². The number of benzene rings is 1. The molecular formula is C14H17BrO3. The van der Waals surface area contributed by atoms with Crippen molar-refractivity contribution >= 4 is 27.7 Å². The van der Waals surface area contributed by atoms with Crippen molar-refractivity contribution in [2.24, 2.45) is 0 Å². The molecule has 0 aliphatic heterocycles. The zero-order chi connectivity index (χ0) is 13.5. The van der Waals surface area contributed by atoms with Gasteiger partial charge in [0, 0.05) is 6.42 Å². The van der Waals surface area contributed by atoms with Gasteiger partial charge in [0.25, 0.3) is 0 Å². The van der Waals surface area contributed by atoms with Gasteiger partial charge in [0.15, 0.2) is 0 Å². The molecule has 0 spiro atoms. The van der Waals surface area contributed by atoms with Gasteiger partial charge in [-0.15, -0.1) is 0 Å². The monoisotopic (exact) mass is 312 g/mol. The Morgan fingerprint density at radius 2 is 2.11 bits per heavy atom. The Balaban J connectivity index is 2.85. The molecule has 0 aliphatic rings. The highest BCUT2D eigenvalue weighted by Gasteiger charge is 2.22. The molecule has 0 amide bonds. The van der Waals surface area contributed by atoms with Gasteiger partial charge in [0.1, 0.15) is 5.78 Å². The summed E-state index contributed by atoms with van der Waals surface area (Å²) in [6, 6.07) is 7.74. The van der Waals surface area contributed by atoms with E-state index in [1.165, 1.54) is 7.11 Å². The van der Waals surface area contributed by atoms with Crippen molar-refractivity contribution in [3.63, 3.8) is 0 Å². The summed E-state index contributed by atoms with van der Waals surface area (Å²) in [5.74, 6) is -0.558. The summed E-state index contributed by atoms with van der Waals surface area (Å²) in [4.78, 5) is 23.1. The zero-order valence-corrected chi connectivity index (χ0v) is 12.2. The average Bonchev–Trinajstić information content (AvgIpc) is 2.38. The van der Waals surface area contributed by atoms with Crippen LogP contribution in [0.5, 0.6) is 0 Å². The van der Waals surface area contributed by atoms with Crippen molar-refractivity contribution in [3.05, 3.63) is 35.4 Å². The second-order valence-corrected chi connectivity index (χ2v) is 4.76. The SMILES string of the molecule is COC(=O)C(CCC(=O)CBr)c1cccc(C)c1. The zero-order valence-electron chi connectivity index (χ0n) is 10.6. The summed E-state index contributed by atoms with van der Waals surface area (Å²) >= 11 is 3.12. The van der Waals surface area contributed by atoms with E-state index in [-0.39, 0.29) is 17.7 Å². The number of hydrogen-bond acceptors (Lipinski definition) is 3. The van der Waals surface area contributed by atoms with Crippen LogP contribution < -0.4 is 0 Å². The van der Waals surface area contributed by atoms with Crippen LogP contribution in [0.1, 0.15) is 29.9 Å². The fourth-order valence-electron chi connectivity index (χ4n) is 1.82. The topological polar surface area (TPSA) is 43.4 Å². The van der Waals surface area contributed by atoms with Gasteiger partial charge in [-0.1, -0.05) is 45.8 Å². The van der Waals surface area contributed by atoms with E-state index in [1.54, 1.807) is 0 Å². The number of methoxy groups -OCH3 is 1. The largest absolute Gasteiger partial charge is 0.469 e. The van der Waals surface area contributed by atoms with E-state index >= 15 is 0 Å². The molecule has 1 aromatic rings. The fraction of sp³-hybridized carbons (Fsp3) is 0.429. The first kappa shape index (κ1) is 14.9. The molecule has 0 saturated heterocycles. The second-order valence-electron chi connectivity index (χ2n) is 4.20. The Morgan fingerprint density at radius 3 is 2.67 bits per heavy atom. The predicted molar refractivity (Wildman–Crippen MR) is 74.0 cm³/mol. The summed E-state index contributed by atoms with van der Waals surface area (Å²) in [5.41, 5.74) is 2.00. The summed E-state index contributed by atoms with van der Waals surface area (Å²) < 4.78 is 4.81. The number of ketones is 1. The molecule has 1 unspecified atom stereocenters. The quantitative estimate of drug-likeness (QED) is 0.599. The van der Waals surface area contributed by atoms with Gasteiger partial charge >= 0.3 is 5.97 Å². The van der Waals surface area contributed by atoms with Crippen molar-refractivity contribution in [2.45, 2.75) is 25.7 Å². The number of rotatable bonds is 6. The molecule has 0 bridgehead atoms. The average molecular weight is 313 g/mol. The minimum Gasteiger partial charge on any atom is -0.469 e. The van der Waals surface area contributed by atoms with E-state index in [2.05, 4.69) is 15.9 Å². The number of halogens is 1. The van der Waals surface area contributed by atoms with E-state index in [0.29, 0.717) is 18.2 Å². The highest BCUT2D eigenvalue weighted by atomic mass is 79.9. The molecule has 0 N–H and O–H groups in total. The molecule has 0 radical (unpaired) electrons. The lowest BCUT2D eigenvalue weighted by molar-refractivity contribution is -0.142.